The van der Waals surface area contributed by atoms with Crippen molar-refractivity contribution in [1.29, 1.82) is 0 Å². The number of primary amides is 1. The van der Waals surface area contributed by atoms with E-state index in [0.717, 1.165) is 19.3 Å². The summed E-state index contributed by atoms with van der Waals surface area (Å²) in [5.74, 6) is -3.02. The third kappa shape index (κ3) is 8.67. The molecule has 5 N–H and O–H groups in total. The van der Waals surface area contributed by atoms with Crippen molar-refractivity contribution in [3.63, 3.8) is 0 Å². The first-order valence-electron chi connectivity index (χ1n) is 17.0. The van der Waals surface area contributed by atoms with Gasteiger partial charge in [-0.1, -0.05) is 67.7 Å². The van der Waals surface area contributed by atoms with E-state index in [-0.39, 0.29) is 34.8 Å². The molecule has 0 radical (unpaired) electrons. The van der Waals surface area contributed by atoms with E-state index in [2.05, 4.69) is 16.0 Å². The molecule has 3 aliphatic rings. The molecule has 3 fully saturated rings. The van der Waals surface area contributed by atoms with E-state index in [0.29, 0.717) is 19.4 Å². The lowest BCUT2D eigenvalue weighted by molar-refractivity contribution is -0.145. The van der Waals surface area contributed by atoms with Crippen LogP contribution < -0.4 is 21.7 Å². The molecule has 2 aliphatic carbocycles. The third-order valence-electron chi connectivity index (χ3n) is 10.5. The molecule has 2 saturated carbocycles. The van der Waals surface area contributed by atoms with Gasteiger partial charge in [0.1, 0.15) is 12.1 Å². The summed E-state index contributed by atoms with van der Waals surface area (Å²) in [4.78, 5) is 68.0. The minimum absolute atomic E-state index is 0.0468. The number of piperidine rings is 1. The molecule has 0 aromatic heterocycles. The van der Waals surface area contributed by atoms with Gasteiger partial charge in [0, 0.05) is 6.54 Å². The number of nitrogens with zero attached hydrogens (tertiary/aromatic N) is 1. The van der Waals surface area contributed by atoms with Gasteiger partial charge >= 0.3 is 6.03 Å². The molecule has 268 valence electrons. The predicted molar refractivity (Wildman–Crippen MR) is 181 cm³/mol. The molecule has 1 saturated heterocycles. The second-order valence-corrected chi connectivity index (χ2v) is 20.4. The number of carbonyl (C=O) groups is 5. The van der Waals surface area contributed by atoms with Gasteiger partial charge < -0.3 is 26.6 Å². The Morgan fingerprint density at radius 3 is 1.98 bits per heavy atom. The van der Waals surface area contributed by atoms with Gasteiger partial charge in [-0.3, -0.25) is 19.2 Å². The number of Topliss-reactive ketones (excluding diaryl/α,β-unsaturated/α-hetero) is 1. The third-order valence-corrected chi connectivity index (χ3v) is 13.4. The van der Waals surface area contributed by atoms with Crippen LogP contribution in [0.25, 0.3) is 0 Å². The highest BCUT2D eigenvalue weighted by Crippen LogP contribution is 2.65. The number of likely N-dealkylation sites (tertiary alicyclic amines) is 1. The maximum absolute atomic E-state index is 14.4. The summed E-state index contributed by atoms with van der Waals surface area (Å²) in [5.41, 5.74) is 3.23. The Kier molecular flexibility index (Phi) is 11.0. The highest BCUT2D eigenvalue weighted by molar-refractivity contribution is 7.92. The van der Waals surface area contributed by atoms with Crippen LogP contribution in [0.1, 0.15) is 108 Å². The first-order valence-corrected chi connectivity index (χ1v) is 18.6. The Hall–Kier alpha value is -2.70. The van der Waals surface area contributed by atoms with Crippen molar-refractivity contribution in [3.8, 4) is 0 Å². The molecule has 1 heterocycles. The number of sulfone groups is 1. The van der Waals surface area contributed by atoms with Crippen molar-refractivity contribution < 1.29 is 32.4 Å². The lowest BCUT2D eigenvalue weighted by Crippen LogP contribution is -2.63. The second-order valence-electron chi connectivity index (χ2n) is 17.6. The molecule has 0 aromatic carbocycles. The van der Waals surface area contributed by atoms with Gasteiger partial charge in [-0.2, -0.15) is 0 Å². The number of fused-ring (bicyclic) bond motifs is 1. The molecule has 1 unspecified atom stereocenters. The molecule has 0 bridgehead atoms. The molecule has 1 aliphatic heterocycles. The second kappa shape index (κ2) is 13.3. The summed E-state index contributed by atoms with van der Waals surface area (Å²) in [7, 11) is -3.60. The summed E-state index contributed by atoms with van der Waals surface area (Å²) in [6, 6.07) is -3.69. The van der Waals surface area contributed by atoms with Gasteiger partial charge in [-0.25, -0.2) is 13.2 Å². The van der Waals surface area contributed by atoms with Crippen molar-refractivity contribution in [2.45, 2.75) is 137 Å². The maximum Gasteiger partial charge on any atom is 0.315 e. The zero-order chi connectivity index (χ0) is 36.1. The number of hydrogen-bond acceptors (Lipinski definition) is 7. The van der Waals surface area contributed by atoms with Crippen LogP contribution in [-0.4, -0.2) is 83.6 Å². The van der Waals surface area contributed by atoms with Crippen LogP contribution in [0.2, 0.25) is 0 Å². The fourth-order valence-corrected chi connectivity index (χ4v) is 8.94. The summed E-state index contributed by atoms with van der Waals surface area (Å²) < 4.78 is 25.4. The Labute approximate surface area is 281 Å². The number of amides is 5. The van der Waals surface area contributed by atoms with Gasteiger partial charge in [0.25, 0.3) is 5.91 Å². The van der Waals surface area contributed by atoms with Crippen LogP contribution in [0.4, 0.5) is 4.79 Å². The van der Waals surface area contributed by atoms with Crippen molar-refractivity contribution in [2.24, 2.45) is 40.2 Å². The molecule has 6 atom stereocenters. The van der Waals surface area contributed by atoms with Crippen LogP contribution >= 0.6 is 0 Å². The zero-order valence-electron chi connectivity index (χ0n) is 30.3. The van der Waals surface area contributed by atoms with E-state index in [9.17, 15) is 32.4 Å². The van der Waals surface area contributed by atoms with E-state index < -0.39 is 73.2 Å². The van der Waals surface area contributed by atoms with E-state index in [4.69, 9.17) is 5.73 Å². The van der Waals surface area contributed by atoms with Gasteiger partial charge in [-0.05, 0) is 75.0 Å². The zero-order valence-corrected chi connectivity index (χ0v) is 31.1. The van der Waals surface area contributed by atoms with Crippen molar-refractivity contribution in [1.82, 2.24) is 20.9 Å². The molecular formula is C34H59N5O7S. The number of rotatable bonds is 13. The minimum Gasteiger partial charge on any atom is -0.363 e. The number of urea groups is 1. The van der Waals surface area contributed by atoms with E-state index >= 15 is 0 Å². The standard InChI is InChI=1S/C34H59N5O7S/c1-19(2)16-34(11,18-47(45,46)32(6,7)8)38-30(44)37-26(31(3,4)5)29(43)39-17-21-23(33(21,9)10)24(39)28(42)36-22(25(40)27(35)41)15-20-13-12-14-20/h19-24,26H,12-18H2,1-11H3,(H2,35,41)(H,36,42)(H2,37,38,44)/t21-,22?,23-,24-,26+,34-/m0/s1. The molecule has 0 aromatic rings. The first kappa shape index (κ1) is 38.7. The molecule has 12 nitrogen and oxygen atoms in total. The molecular weight excluding hydrogens is 622 g/mol. The number of ketones is 1. The average Bonchev–Trinajstić information content (AvgIpc) is 3.17. The molecule has 5 amide bonds. The lowest BCUT2D eigenvalue weighted by Gasteiger charge is -2.39. The Morgan fingerprint density at radius 1 is 0.957 bits per heavy atom. The van der Waals surface area contributed by atoms with Gasteiger partial charge in [0.15, 0.2) is 9.84 Å². The Balaban J connectivity index is 1.86. The summed E-state index contributed by atoms with van der Waals surface area (Å²) >= 11 is 0. The van der Waals surface area contributed by atoms with E-state index in [1.54, 1.807) is 27.7 Å². The highest BCUT2D eigenvalue weighted by atomic mass is 32.2. The molecule has 0 spiro atoms. The van der Waals surface area contributed by atoms with Crippen molar-refractivity contribution >= 4 is 39.4 Å². The topological polar surface area (TPSA) is 185 Å². The van der Waals surface area contributed by atoms with Crippen molar-refractivity contribution in [3.05, 3.63) is 0 Å². The molecule has 3 rings (SSSR count). The van der Waals surface area contributed by atoms with Crippen LogP contribution in [0.5, 0.6) is 0 Å². The number of carbonyl (C=O) groups excluding carboxylic acids is 5. The molecule has 47 heavy (non-hydrogen) atoms. The molecule has 13 heteroatoms. The van der Waals surface area contributed by atoms with Crippen LogP contribution in [0, 0.1) is 34.5 Å². The summed E-state index contributed by atoms with van der Waals surface area (Å²) in [5, 5.41) is 8.49. The smallest absolute Gasteiger partial charge is 0.315 e. The van der Waals surface area contributed by atoms with Crippen molar-refractivity contribution in [2.75, 3.05) is 12.3 Å². The van der Waals surface area contributed by atoms with Gasteiger partial charge in [0.2, 0.25) is 17.6 Å². The van der Waals surface area contributed by atoms with E-state index in [1.807, 2.05) is 48.5 Å². The average molecular weight is 682 g/mol. The minimum atomic E-state index is -3.60. The Morgan fingerprint density at radius 2 is 1.53 bits per heavy atom. The fraction of sp³-hybridized carbons (Fsp3) is 0.853. The monoisotopic (exact) mass is 681 g/mol. The first-order chi connectivity index (χ1) is 21.2. The van der Waals surface area contributed by atoms with Crippen LogP contribution in [0.15, 0.2) is 0 Å². The van der Waals surface area contributed by atoms with Gasteiger partial charge in [0.05, 0.1) is 22.1 Å². The number of hydrogen-bond donors (Lipinski definition) is 4. The van der Waals surface area contributed by atoms with Crippen LogP contribution in [0.3, 0.4) is 0 Å². The van der Waals surface area contributed by atoms with Crippen LogP contribution in [-0.2, 0) is 29.0 Å². The normalized spacial score (nSPS) is 25.1. The highest BCUT2D eigenvalue weighted by Gasteiger charge is 2.70. The fourth-order valence-electron chi connectivity index (χ4n) is 7.47. The Bertz CT molecular complexity index is 1360. The SMILES string of the molecule is CC(C)C[C@@](C)(CS(=O)(=O)C(C)(C)C)NC(=O)N[C@H](C(=O)N1C[C@H]2[C@@H]([C@H]1C(=O)NC(CC1CCC1)C(=O)C(N)=O)C2(C)C)C(C)(C)C. The van der Waals surface area contributed by atoms with E-state index in [1.165, 1.54) is 4.90 Å². The largest absolute Gasteiger partial charge is 0.363 e. The predicted octanol–water partition coefficient (Wildman–Crippen LogP) is 2.93. The lowest BCUT2D eigenvalue weighted by atomic mass is 9.80. The summed E-state index contributed by atoms with van der Waals surface area (Å²) in [6.07, 6.45) is 3.55. The summed E-state index contributed by atoms with van der Waals surface area (Å²) in [6.45, 7) is 20.3. The maximum atomic E-state index is 14.4. The van der Waals surface area contributed by atoms with Gasteiger partial charge in [-0.15, -0.1) is 0 Å². The number of nitrogens with one attached hydrogen (secondary N) is 3. The quantitative estimate of drug-likeness (QED) is 0.215. The number of nitrogens with two attached hydrogens (primary N) is 1.